The van der Waals surface area contributed by atoms with Crippen LogP contribution in [0.4, 0.5) is 10.5 Å². The van der Waals surface area contributed by atoms with E-state index in [1.165, 1.54) is 19.2 Å². The van der Waals surface area contributed by atoms with Gasteiger partial charge in [-0.2, -0.15) is 0 Å². The van der Waals surface area contributed by atoms with Gasteiger partial charge in [0.1, 0.15) is 5.75 Å². The second-order valence-electron chi connectivity index (χ2n) is 5.95. The average molecular weight is 377 g/mol. The molecular formula is C18H23N3O4S. The zero-order valence-corrected chi connectivity index (χ0v) is 15.8. The highest BCUT2D eigenvalue weighted by Gasteiger charge is 2.13. The van der Waals surface area contributed by atoms with Crippen LogP contribution in [0.3, 0.4) is 0 Å². The van der Waals surface area contributed by atoms with Crippen LogP contribution in [0.25, 0.3) is 0 Å². The lowest BCUT2D eigenvalue weighted by Crippen LogP contribution is -2.34. The summed E-state index contributed by atoms with van der Waals surface area (Å²) in [5.74, 6) is 0.591. The quantitative estimate of drug-likeness (QED) is 0.691. The number of carbonyl (C=O) groups is 1. The van der Waals surface area contributed by atoms with Crippen molar-refractivity contribution in [1.82, 2.24) is 10.0 Å². The minimum absolute atomic E-state index is 0.0432. The van der Waals surface area contributed by atoms with Crippen LogP contribution < -0.4 is 20.1 Å². The molecule has 0 heterocycles. The number of hydrogen-bond acceptors (Lipinski definition) is 4. The highest BCUT2D eigenvalue weighted by atomic mass is 32.2. The molecule has 0 spiro atoms. The summed E-state index contributed by atoms with van der Waals surface area (Å²) >= 11 is 0. The summed E-state index contributed by atoms with van der Waals surface area (Å²) in [5.41, 5.74) is 1.40. The van der Waals surface area contributed by atoms with Crippen molar-refractivity contribution in [3.63, 3.8) is 0 Å². The van der Waals surface area contributed by atoms with Crippen LogP contribution in [0, 0.1) is 0 Å². The third-order valence-corrected chi connectivity index (χ3v) is 4.88. The maximum absolute atomic E-state index is 12.3. The number of ether oxygens (including phenoxy) is 1. The standard InChI is InChI=1S/C18H23N3O4S/c1-13(2)20-18(22)21-15-6-4-14(5-7-15)12-19-26(23,24)17-10-8-16(25-3)9-11-17/h4-11,13,19H,12H2,1-3H3,(H2,20,21,22). The maximum Gasteiger partial charge on any atom is 0.319 e. The number of sulfonamides is 1. The normalized spacial score (nSPS) is 11.2. The van der Waals surface area contributed by atoms with Crippen LogP contribution >= 0.6 is 0 Å². The molecule has 0 saturated carbocycles. The van der Waals surface area contributed by atoms with Crippen LogP contribution in [0.1, 0.15) is 19.4 Å². The van der Waals surface area contributed by atoms with Crippen LogP contribution in [-0.4, -0.2) is 27.6 Å². The van der Waals surface area contributed by atoms with E-state index in [4.69, 9.17) is 4.74 Å². The smallest absolute Gasteiger partial charge is 0.319 e. The monoisotopic (exact) mass is 377 g/mol. The van der Waals surface area contributed by atoms with Crippen LogP contribution in [-0.2, 0) is 16.6 Å². The largest absolute Gasteiger partial charge is 0.497 e. The molecule has 0 aromatic heterocycles. The van der Waals surface area contributed by atoms with Gasteiger partial charge in [0.2, 0.25) is 10.0 Å². The molecule has 0 radical (unpaired) electrons. The Labute approximate surface area is 153 Å². The summed E-state index contributed by atoms with van der Waals surface area (Å²) in [6.07, 6.45) is 0. The molecule has 0 atom stereocenters. The Bertz CT molecular complexity index is 832. The Hall–Kier alpha value is -2.58. The molecule has 0 aliphatic carbocycles. The Morgan fingerprint density at radius 2 is 1.65 bits per heavy atom. The van der Waals surface area contributed by atoms with E-state index in [0.717, 1.165) is 5.56 Å². The van der Waals surface area contributed by atoms with Gasteiger partial charge in [-0.05, 0) is 55.8 Å². The van der Waals surface area contributed by atoms with Gasteiger partial charge in [0.15, 0.2) is 0 Å². The van der Waals surface area contributed by atoms with E-state index in [-0.39, 0.29) is 23.5 Å². The van der Waals surface area contributed by atoms with E-state index in [2.05, 4.69) is 15.4 Å². The van der Waals surface area contributed by atoms with Crippen LogP contribution in [0.15, 0.2) is 53.4 Å². The van der Waals surface area contributed by atoms with Crippen molar-refractivity contribution in [2.45, 2.75) is 31.3 Å². The maximum atomic E-state index is 12.3. The lowest BCUT2D eigenvalue weighted by atomic mass is 10.2. The fraction of sp³-hybridized carbons (Fsp3) is 0.278. The Morgan fingerprint density at radius 3 is 2.19 bits per heavy atom. The van der Waals surface area contributed by atoms with Crippen molar-refractivity contribution >= 4 is 21.7 Å². The van der Waals surface area contributed by atoms with Gasteiger partial charge >= 0.3 is 6.03 Å². The first kappa shape index (κ1) is 19.7. The molecule has 0 unspecified atom stereocenters. The average Bonchev–Trinajstić information content (AvgIpc) is 2.60. The molecule has 140 valence electrons. The van der Waals surface area contributed by atoms with E-state index in [1.807, 2.05) is 13.8 Å². The number of anilines is 1. The zero-order valence-electron chi connectivity index (χ0n) is 14.9. The van der Waals surface area contributed by atoms with Gasteiger partial charge in [0, 0.05) is 18.3 Å². The van der Waals surface area contributed by atoms with Crippen molar-refractivity contribution in [2.75, 3.05) is 12.4 Å². The van der Waals surface area contributed by atoms with Gasteiger partial charge < -0.3 is 15.4 Å². The number of carbonyl (C=O) groups excluding carboxylic acids is 1. The van der Waals surface area contributed by atoms with Gasteiger partial charge in [-0.1, -0.05) is 12.1 Å². The first-order valence-electron chi connectivity index (χ1n) is 8.10. The van der Waals surface area contributed by atoms with E-state index in [9.17, 15) is 13.2 Å². The lowest BCUT2D eigenvalue weighted by molar-refractivity contribution is 0.250. The molecule has 2 rings (SSSR count). The summed E-state index contributed by atoms with van der Waals surface area (Å²) in [5, 5.41) is 5.44. The fourth-order valence-electron chi connectivity index (χ4n) is 2.15. The first-order chi connectivity index (χ1) is 12.3. The number of benzene rings is 2. The molecular weight excluding hydrogens is 354 g/mol. The predicted octanol–water partition coefficient (Wildman–Crippen LogP) is 2.70. The number of hydrogen-bond donors (Lipinski definition) is 3. The third-order valence-electron chi connectivity index (χ3n) is 3.47. The molecule has 2 aromatic rings. The Balaban J connectivity index is 1.95. The SMILES string of the molecule is COc1ccc(S(=O)(=O)NCc2ccc(NC(=O)NC(C)C)cc2)cc1. The summed E-state index contributed by atoms with van der Waals surface area (Å²) in [6, 6.07) is 12.9. The lowest BCUT2D eigenvalue weighted by Gasteiger charge is -2.11. The molecule has 0 bridgehead atoms. The molecule has 26 heavy (non-hydrogen) atoms. The van der Waals surface area contributed by atoms with E-state index in [1.54, 1.807) is 36.4 Å². The van der Waals surface area contributed by atoms with Crippen molar-refractivity contribution in [1.29, 1.82) is 0 Å². The van der Waals surface area contributed by atoms with Gasteiger partial charge in [-0.3, -0.25) is 0 Å². The van der Waals surface area contributed by atoms with Crippen LogP contribution in [0.2, 0.25) is 0 Å². The summed E-state index contributed by atoms with van der Waals surface area (Å²) in [4.78, 5) is 11.8. The summed E-state index contributed by atoms with van der Waals surface area (Å²) in [7, 11) is -2.09. The minimum Gasteiger partial charge on any atom is -0.497 e. The van der Waals surface area contributed by atoms with Crippen molar-refractivity contribution in [3.05, 3.63) is 54.1 Å². The second kappa shape index (κ2) is 8.68. The van der Waals surface area contributed by atoms with Gasteiger partial charge in [-0.15, -0.1) is 0 Å². The Kier molecular flexibility index (Phi) is 6.59. The molecule has 3 N–H and O–H groups in total. The number of nitrogens with one attached hydrogen (secondary N) is 3. The van der Waals surface area contributed by atoms with Crippen molar-refractivity contribution in [2.24, 2.45) is 0 Å². The molecule has 2 aromatic carbocycles. The first-order valence-corrected chi connectivity index (χ1v) is 9.58. The van der Waals surface area contributed by atoms with Crippen LogP contribution in [0.5, 0.6) is 5.75 Å². The second-order valence-corrected chi connectivity index (χ2v) is 7.72. The fourth-order valence-corrected chi connectivity index (χ4v) is 3.17. The number of rotatable bonds is 7. The molecule has 0 fully saturated rings. The molecule has 0 aliphatic heterocycles. The minimum atomic E-state index is -3.61. The molecule has 2 amide bonds. The van der Waals surface area contributed by atoms with Gasteiger partial charge in [0.05, 0.1) is 12.0 Å². The van der Waals surface area contributed by atoms with E-state index in [0.29, 0.717) is 11.4 Å². The topological polar surface area (TPSA) is 96.5 Å². The number of methoxy groups -OCH3 is 1. The Morgan fingerprint density at radius 1 is 1.04 bits per heavy atom. The van der Waals surface area contributed by atoms with Crippen molar-refractivity contribution < 1.29 is 17.9 Å². The van der Waals surface area contributed by atoms with Gasteiger partial charge in [0.25, 0.3) is 0 Å². The zero-order chi connectivity index (χ0) is 19.2. The summed E-state index contributed by atoms with van der Waals surface area (Å²) < 4.78 is 32.2. The number of urea groups is 1. The highest BCUT2D eigenvalue weighted by molar-refractivity contribution is 7.89. The summed E-state index contributed by atoms with van der Waals surface area (Å²) in [6.45, 7) is 3.89. The molecule has 0 aliphatic rings. The third kappa shape index (κ3) is 5.75. The highest BCUT2D eigenvalue weighted by Crippen LogP contribution is 2.16. The molecule has 0 saturated heterocycles. The van der Waals surface area contributed by atoms with E-state index < -0.39 is 10.0 Å². The van der Waals surface area contributed by atoms with Crippen molar-refractivity contribution in [3.8, 4) is 5.75 Å². The van der Waals surface area contributed by atoms with E-state index >= 15 is 0 Å². The molecule has 8 heteroatoms. The predicted molar refractivity (Wildman–Crippen MR) is 101 cm³/mol. The number of amides is 2. The van der Waals surface area contributed by atoms with Gasteiger partial charge in [-0.25, -0.2) is 17.9 Å². The molecule has 7 nitrogen and oxygen atoms in total.